The normalized spacial score (nSPS) is 12.6. The number of carbonyl (C=O) groups excluding carboxylic acids is 2. The number of rotatable bonds is 49. The minimum atomic E-state index is -0.669. The number of ether oxygens (including phenoxy) is 1. The quantitative estimate of drug-likeness (QED) is 0.0420. The lowest BCUT2D eigenvalue weighted by Gasteiger charge is -2.22. The van der Waals surface area contributed by atoms with Crippen LogP contribution < -0.4 is 5.32 Å². The van der Waals surface area contributed by atoms with Gasteiger partial charge in [0.05, 0.1) is 25.4 Å². The van der Waals surface area contributed by atoms with Crippen molar-refractivity contribution in [1.29, 1.82) is 0 Å². The zero-order valence-corrected chi connectivity index (χ0v) is 39.3. The lowest BCUT2D eigenvalue weighted by molar-refractivity contribution is -0.143. The molecule has 0 aromatic heterocycles. The number of unbranched alkanes of at least 4 members (excludes halogenated alkanes) is 38. The summed E-state index contributed by atoms with van der Waals surface area (Å²) in [6.45, 7) is 4.93. The molecular weight excluding hydrogens is 719 g/mol. The second-order valence-electron chi connectivity index (χ2n) is 18.2. The number of hydrogen-bond donors (Lipinski definition) is 3. The third-order valence-electron chi connectivity index (χ3n) is 12.4. The summed E-state index contributed by atoms with van der Waals surface area (Å²) < 4.78 is 5.48. The Hall–Kier alpha value is -1.14. The molecule has 0 aromatic carbocycles. The van der Waals surface area contributed by atoms with Crippen LogP contribution in [0.3, 0.4) is 0 Å². The summed E-state index contributed by atoms with van der Waals surface area (Å²) in [5.74, 6) is -0.0487. The molecule has 0 saturated heterocycles. The number of hydrogen-bond acceptors (Lipinski definition) is 5. The van der Waals surface area contributed by atoms with Crippen LogP contribution in [-0.4, -0.2) is 47.4 Å². The topological polar surface area (TPSA) is 95.9 Å². The van der Waals surface area contributed by atoms with Gasteiger partial charge in [-0.05, 0) is 25.7 Å². The van der Waals surface area contributed by atoms with Crippen LogP contribution in [0, 0.1) is 0 Å². The first-order chi connectivity index (χ1) is 28.5. The van der Waals surface area contributed by atoms with Crippen molar-refractivity contribution in [2.75, 3.05) is 13.2 Å². The molecule has 0 saturated carbocycles. The van der Waals surface area contributed by atoms with E-state index in [1.54, 1.807) is 0 Å². The summed E-state index contributed by atoms with van der Waals surface area (Å²) in [5.41, 5.74) is 0. The summed E-state index contributed by atoms with van der Waals surface area (Å²) in [4.78, 5) is 24.5. The highest BCUT2D eigenvalue weighted by Gasteiger charge is 2.20. The van der Waals surface area contributed by atoms with E-state index in [2.05, 4.69) is 19.2 Å². The predicted molar refractivity (Wildman–Crippen MR) is 250 cm³/mol. The van der Waals surface area contributed by atoms with Crippen LogP contribution in [0.15, 0.2) is 0 Å². The Balaban J connectivity index is 3.39. The molecule has 0 aromatic rings. The number of esters is 1. The third kappa shape index (κ3) is 44.4. The molecule has 2 atom stereocenters. The number of aliphatic hydroxyl groups excluding tert-OH is 2. The Labute approximate surface area is 362 Å². The largest absolute Gasteiger partial charge is 0.466 e. The summed E-state index contributed by atoms with van der Waals surface area (Å²) in [7, 11) is 0. The predicted octanol–water partition coefficient (Wildman–Crippen LogP) is 15.6. The second kappa shape index (κ2) is 48.5. The van der Waals surface area contributed by atoms with Gasteiger partial charge in [-0.15, -0.1) is 0 Å². The molecule has 6 heteroatoms. The van der Waals surface area contributed by atoms with Crippen molar-refractivity contribution in [2.45, 2.75) is 309 Å². The molecule has 0 rings (SSSR count). The molecule has 0 heterocycles. The zero-order valence-electron chi connectivity index (χ0n) is 39.3. The Bertz CT molecular complexity index is 822. The first-order valence-electron chi connectivity index (χ1n) is 26.3. The maximum absolute atomic E-state index is 12.4. The van der Waals surface area contributed by atoms with E-state index < -0.39 is 12.1 Å². The van der Waals surface area contributed by atoms with E-state index in [-0.39, 0.29) is 18.5 Å². The number of amides is 1. The smallest absolute Gasteiger partial charge is 0.305 e. The van der Waals surface area contributed by atoms with Crippen LogP contribution in [0.2, 0.25) is 0 Å². The SMILES string of the molecule is CCCCCCCCCCCCCCCCCCCCC(=O)OCCCCCCCCCCCCCCCC(=O)NC(CO)C(O)CCCCCCCCCCCC. The fraction of sp³-hybridized carbons (Fsp3) is 0.962. The van der Waals surface area contributed by atoms with Crippen LogP contribution >= 0.6 is 0 Å². The Morgan fingerprint density at radius 3 is 1.05 bits per heavy atom. The zero-order chi connectivity index (χ0) is 42.3. The Morgan fingerprint density at radius 2 is 0.707 bits per heavy atom. The van der Waals surface area contributed by atoms with E-state index in [0.717, 1.165) is 51.4 Å². The van der Waals surface area contributed by atoms with Crippen LogP contribution in [0.4, 0.5) is 0 Å². The van der Waals surface area contributed by atoms with E-state index in [1.165, 1.54) is 212 Å². The van der Waals surface area contributed by atoms with E-state index in [0.29, 0.717) is 25.9 Å². The molecule has 0 radical (unpaired) electrons. The van der Waals surface area contributed by atoms with Crippen molar-refractivity contribution in [3.63, 3.8) is 0 Å². The maximum Gasteiger partial charge on any atom is 0.305 e. The molecule has 2 unspecified atom stereocenters. The fourth-order valence-electron chi connectivity index (χ4n) is 8.35. The van der Waals surface area contributed by atoms with Gasteiger partial charge in [0.2, 0.25) is 5.91 Å². The first-order valence-corrected chi connectivity index (χ1v) is 26.3. The lowest BCUT2D eigenvalue weighted by Crippen LogP contribution is -2.45. The van der Waals surface area contributed by atoms with Gasteiger partial charge < -0.3 is 20.3 Å². The average Bonchev–Trinajstić information content (AvgIpc) is 3.22. The molecule has 0 aliphatic carbocycles. The van der Waals surface area contributed by atoms with Crippen LogP contribution in [0.1, 0.15) is 296 Å². The molecular formula is C52H103NO5. The lowest BCUT2D eigenvalue weighted by atomic mass is 10.0. The van der Waals surface area contributed by atoms with Gasteiger partial charge in [0, 0.05) is 12.8 Å². The number of nitrogens with one attached hydrogen (secondary N) is 1. The van der Waals surface area contributed by atoms with Crippen molar-refractivity contribution in [3.8, 4) is 0 Å². The average molecular weight is 822 g/mol. The van der Waals surface area contributed by atoms with Crippen molar-refractivity contribution >= 4 is 11.9 Å². The Morgan fingerprint density at radius 1 is 0.414 bits per heavy atom. The van der Waals surface area contributed by atoms with E-state index in [9.17, 15) is 19.8 Å². The first kappa shape index (κ1) is 56.9. The van der Waals surface area contributed by atoms with Gasteiger partial charge in [0.15, 0.2) is 0 Å². The summed E-state index contributed by atoms with van der Waals surface area (Å²) in [6.07, 6.45) is 53.6. The van der Waals surface area contributed by atoms with Crippen LogP contribution in [0.25, 0.3) is 0 Å². The highest BCUT2D eigenvalue weighted by molar-refractivity contribution is 5.76. The molecule has 0 fully saturated rings. The molecule has 6 nitrogen and oxygen atoms in total. The van der Waals surface area contributed by atoms with Crippen molar-refractivity contribution in [1.82, 2.24) is 5.32 Å². The molecule has 0 bridgehead atoms. The highest BCUT2D eigenvalue weighted by atomic mass is 16.5. The second-order valence-corrected chi connectivity index (χ2v) is 18.2. The van der Waals surface area contributed by atoms with Crippen molar-refractivity contribution < 1.29 is 24.5 Å². The van der Waals surface area contributed by atoms with Crippen molar-refractivity contribution in [2.24, 2.45) is 0 Å². The summed E-state index contributed by atoms with van der Waals surface area (Å²) in [6, 6.07) is -0.547. The molecule has 346 valence electrons. The number of aliphatic hydroxyl groups is 2. The minimum Gasteiger partial charge on any atom is -0.466 e. The summed E-state index contributed by atoms with van der Waals surface area (Å²) >= 11 is 0. The van der Waals surface area contributed by atoms with Gasteiger partial charge >= 0.3 is 5.97 Å². The van der Waals surface area contributed by atoms with Crippen LogP contribution in [0.5, 0.6) is 0 Å². The molecule has 3 N–H and O–H groups in total. The third-order valence-corrected chi connectivity index (χ3v) is 12.4. The van der Waals surface area contributed by atoms with Gasteiger partial charge in [-0.1, -0.05) is 258 Å². The molecule has 0 aliphatic rings. The van der Waals surface area contributed by atoms with E-state index in [4.69, 9.17) is 4.74 Å². The highest BCUT2D eigenvalue weighted by Crippen LogP contribution is 2.17. The monoisotopic (exact) mass is 822 g/mol. The maximum atomic E-state index is 12.4. The van der Waals surface area contributed by atoms with Gasteiger partial charge in [-0.2, -0.15) is 0 Å². The fourth-order valence-corrected chi connectivity index (χ4v) is 8.35. The number of carbonyl (C=O) groups is 2. The molecule has 0 spiro atoms. The molecule has 0 aliphatic heterocycles. The molecule has 1 amide bonds. The van der Waals surface area contributed by atoms with E-state index >= 15 is 0 Å². The minimum absolute atomic E-state index is 0.000799. The van der Waals surface area contributed by atoms with E-state index in [1.807, 2.05) is 0 Å². The Kier molecular flexibility index (Phi) is 47.6. The standard InChI is InChI=1S/C52H103NO5/c1-3-5-7-9-11-13-15-16-17-18-19-20-23-26-30-34-38-42-46-52(57)58-47-43-39-35-31-27-24-21-22-25-29-33-37-41-45-51(56)53-49(48-54)50(55)44-40-36-32-28-14-12-10-8-6-4-2/h49-50,54-55H,3-48H2,1-2H3,(H,53,56). The van der Waals surface area contributed by atoms with Crippen molar-refractivity contribution in [3.05, 3.63) is 0 Å². The van der Waals surface area contributed by atoms with Gasteiger partial charge in [-0.3, -0.25) is 9.59 Å². The summed E-state index contributed by atoms with van der Waals surface area (Å²) in [5, 5.41) is 23.1. The van der Waals surface area contributed by atoms with Gasteiger partial charge in [-0.25, -0.2) is 0 Å². The van der Waals surface area contributed by atoms with Crippen LogP contribution in [-0.2, 0) is 14.3 Å². The molecule has 58 heavy (non-hydrogen) atoms. The van der Waals surface area contributed by atoms with Gasteiger partial charge in [0.1, 0.15) is 0 Å². The van der Waals surface area contributed by atoms with Gasteiger partial charge in [0.25, 0.3) is 0 Å².